The molecule has 3 aromatic carbocycles. The van der Waals surface area contributed by atoms with Crippen LogP contribution in [0.15, 0.2) is 91.0 Å². The third-order valence-corrected chi connectivity index (χ3v) is 5.60. The highest BCUT2D eigenvalue weighted by atomic mass is 16.7. The lowest BCUT2D eigenvalue weighted by molar-refractivity contribution is -0.307. The molecule has 7 heteroatoms. The quantitative estimate of drug-likeness (QED) is 0.470. The normalized spacial score (nSPS) is 24.5. The monoisotopic (exact) mass is 464 g/mol. The van der Waals surface area contributed by atoms with Crippen molar-refractivity contribution in [3.63, 3.8) is 0 Å². The summed E-state index contributed by atoms with van der Waals surface area (Å²) < 4.78 is 22.9. The number of rotatable bonds is 9. The number of esters is 1. The van der Waals surface area contributed by atoms with E-state index >= 15 is 0 Å². The Bertz CT molecular complexity index is 1010. The molecule has 7 nitrogen and oxygen atoms in total. The maximum atomic E-state index is 12.3. The van der Waals surface area contributed by atoms with Gasteiger partial charge in [0.2, 0.25) is 0 Å². The zero-order valence-electron chi connectivity index (χ0n) is 18.6. The molecule has 0 aliphatic carbocycles. The number of ether oxygens (including phenoxy) is 4. The van der Waals surface area contributed by atoms with Crippen LogP contribution in [-0.2, 0) is 32.2 Å². The van der Waals surface area contributed by atoms with Gasteiger partial charge in [0.25, 0.3) is 0 Å². The fourth-order valence-corrected chi connectivity index (χ4v) is 3.76. The third kappa shape index (κ3) is 6.28. The number of benzene rings is 3. The smallest absolute Gasteiger partial charge is 0.338 e. The Kier molecular flexibility index (Phi) is 8.41. The molecular weight excluding hydrogens is 436 g/mol. The Labute approximate surface area is 198 Å². The number of aliphatic hydroxyl groups excluding tert-OH is 2. The van der Waals surface area contributed by atoms with Crippen molar-refractivity contribution >= 4 is 5.97 Å². The number of carbonyl (C=O) groups is 1. The Balaban J connectivity index is 1.44. The molecule has 0 saturated carbocycles. The average Bonchev–Trinajstić information content (AvgIpc) is 2.89. The van der Waals surface area contributed by atoms with Gasteiger partial charge in [-0.15, -0.1) is 0 Å². The standard InChI is InChI=1S/C27H28O7/c28-23-22(18-33-26(29)21-14-8-3-9-15-21)34-27(30)25(32-17-20-12-6-2-7-13-20)24(23)31-16-19-10-4-1-5-11-19/h1-15,22-25,27-28,30H,16-18H2/t22-,23-,24-,25-,27+/m0/s1. The first kappa shape index (κ1) is 24.1. The summed E-state index contributed by atoms with van der Waals surface area (Å²) in [5.41, 5.74) is 2.20. The predicted molar refractivity (Wildman–Crippen MR) is 124 cm³/mol. The Morgan fingerprint density at radius 1 is 0.735 bits per heavy atom. The molecule has 1 aliphatic heterocycles. The van der Waals surface area contributed by atoms with Gasteiger partial charge in [0.05, 0.1) is 18.8 Å². The summed E-state index contributed by atoms with van der Waals surface area (Å²) in [7, 11) is 0. The van der Waals surface area contributed by atoms with E-state index in [1.807, 2.05) is 60.7 Å². The van der Waals surface area contributed by atoms with E-state index in [4.69, 9.17) is 18.9 Å². The first-order valence-corrected chi connectivity index (χ1v) is 11.2. The Hall–Kier alpha value is -3.07. The molecule has 1 heterocycles. The van der Waals surface area contributed by atoms with Gasteiger partial charge in [0.15, 0.2) is 6.29 Å². The van der Waals surface area contributed by atoms with Crippen LogP contribution in [0, 0.1) is 0 Å². The first-order valence-electron chi connectivity index (χ1n) is 11.2. The third-order valence-electron chi connectivity index (χ3n) is 5.60. The molecule has 0 aromatic heterocycles. The van der Waals surface area contributed by atoms with Gasteiger partial charge >= 0.3 is 5.97 Å². The van der Waals surface area contributed by atoms with E-state index < -0.39 is 36.7 Å². The van der Waals surface area contributed by atoms with Crippen LogP contribution in [0.4, 0.5) is 0 Å². The Morgan fingerprint density at radius 2 is 1.24 bits per heavy atom. The molecule has 0 radical (unpaired) electrons. The van der Waals surface area contributed by atoms with Gasteiger partial charge in [-0.05, 0) is 23.3 Å². The van der Waals surface area contributed by atoms with Gasteiger partial charge in [-0.1, -0.05) is 78.9 Å². The van der Waals surface area contributed by atoms with Gasteiger partial charge in [-0.3, -0.25) is 0 Å². The summed E-state index contributed by atoms with van der Waals surface area (Å²) in [5.74, 6) is -0.546. The molecule has 4 rings (SSSR count). The number of hydrogen-bond donors (Lipinski definition) is 2. The van der Waals surface area contributed by atoms with E-state index in [9.17, 15) is 15.0 Å². The van der Waals surface area contributed by atoms with Crippen molar-refractivity contribution in [3.8, 4) is 0 Å². The average molecular weight is 465 g/mol. The second-order valence-electron chi connectivity index (χ2n) is 8.04. The van der Waals surface area contributed by atoms with Crippen molar-refractivity contribution in [2.24, 2.45) is 0 Å². The van der Waals surface area contributed by atoms with Crippen molar-refractivity contribution in [1.29, 1.82) is 0 Å². The van der Waals surface area contributed by atoms with Crippen molar-refractivity contribution < 1.29 is 34.0 Å². The molecule has 0 spiro atoms. The van der Waals surface area contributed by atoms with Crippen LogP contribution in [-0.4, -0.2) is 53.5 Å². The zero-order valence-corrected chi connectivity index (χ0v) is 18.6. The Morgan fingerprint density at radius 3 is 1.79 bits per heavy atom. The highest BCUT2D eigenvalue weighted by molar-refractivity contribution is 5.89. The van der Waals surface area contributed by atoms with Crippen molar-refractivity contribution in [2.45, 2.75) is 43.9 Å². The SMILES string of the molecule is O=C(OC[C@@H]1O[C@@H](O)[C@@H](OCc2ccccc2)[C@@H](OCc2ccccc2)[C@H]1O)c1ccccc1. The lowest BCUT2D eigenvalue weighted by Crippen LogP contribution is -2.60. The molecule has 2 N–H and O–H groups in total. The largest absolute Gasteiger partial charge is 0.459 e. The maximum Gasteiger partial charge on any atom is 0.338 e. The van der Waals surface area contributed by atoms with E-state index in [0.717, 1.165) is 11.1 Å². The second kappa shape index (κ2) is 11.9. The minimum atomic E-state index is -1.38. The van der Waals surface area contributed by atoms with E-state index in [1.165, 1.54) is 0 Å². The van der Waals surface area contributed by atoms with E-state index in [2.05, 4.69) is 0 Å². The lowest BCUT2D eigenvalue weighted by atomic mass is 9.98. The fourth-order valence-electron chi connectivity index (χ4n) is 3.76. The molecule has 3 aromatic rings. The van der Waals surface area contributed by atoms with Crippen LogP contribution in [0.1, 0.15) is 21.5 Å². The van der Waals surface area contributed by atoms with Crippen LogP contribution in [0.5, 0.6) is 0 Å². The first-order chi connectivity index (χ1) is 16.6. The minimum Gasteiger partial charge on any atom is -0.459 e. The highest BCUT2D eigenvalue weighted by Crippen LogP contribution is 2.27. The van der Waals surface area contributed by atoms with Crippen LogP contribution in [0.2, 0.25) is 0 Å². The van der Waals surface area contributed by atoms with Crippen molar-refractivity contribution in [3.05, 3.63) is 108 Å². The molecule has 1 saturated heterocycles. The summed E-state index contributed by atoms with van der Waals surface area (Å²) in [6, 6.07) is 27.5. The molecule has 34 heavy (non-hydrogen) atoms. The van der Waals surface area contributed by atoms with Gasteiger partial charge in [0, 0.05) is 0 Å². The topological polar surface area (TPSA) is 94.5 Å². The molecule has 1 fully saturated rings. The van der Waals surface area contributed by atoms with E-state index in [1.54, 1.807) is 30.3 Å². The van der Waals surface area contributed by atoms with Crippen molar-refractivity contribution in [2.75, 3.05) is 6.61 Å². The maximum absolute atomic E-state index is 12.3. The lowest BCUT2D eigenvalue weighted by Gasteiger charge is -2.42. The van der Waals surface area contributed by atoms with Gasteiger partial charge in [-0.25, -0.2) is 4.79 Å². The summed E-state index contributed by atoms with van der Waals surface area (Å²) in [5, 5.41) is 21.7. The molecular formula is C27H28O7. The number of aliphatic hydroxyl groups is 2. The highest BCUT2D eigenvalue weighted by Gasteiger charge is 2.46. The zero-order chi connectivity index (χ0) is 23.8. The molecule has 178 valence electrons. The predicted octanol–water partition coefficient (Wildman–Crippen LogP) is 3.09. The molecule has 0 unspecified atom stereocenters. The summed E-state index contributed by atoms with van der Waals surface area (Å²) in [4.78, 5) is 12.3. The summed E-state index contributed by atoms with van der Waals surface area (Å²) in [6.07, 6.45) is -5.42. The number of carbonyl (C=O) groups excluding carboxylic acids is 1. The summed E-state index contributed by atoms with van der Waals surface area (Å²) in [6.45, 7) is 0.164. The molecule has 0 bridgehead atoms. The molecule has 5 atom stereocenters. The van der Waals surface area contributed by atoms with Crippen LogP contribution < -0.4 is 0 Å². The fraction of sp³-hybridized carbons (Fsp3) is 0.296. The van der Waals surface area contributed by atoms with Gasteiger partial charge < -0.3 is 29.2 Å². The molecule has 0 amide bonds. The second-order valence-corrected chi connectivity index (χ2v) is 8.04. The van der Waals surface area contributed by atoms with Gasteiger partial charge in [-0.2, -0.15) is 0 Å². The van der Waals surface area contributed by atoms with Crippen LogP contribution >= 0.6 is 0 Å². The van der Waals surface area contributed by atoms with Gasteiger partial charge in [0.1, 0.15) is 31.0 Å². The minimum absolute atomic E-state index is 0.205. The van der Waals surface area contributed by atoms with Crippen molar-refractivity contribution in [1.82, 2.24) is 0 Å². The van der Waals surface area contributed by atoms with E-state index in [0.29, 0.717) is 5.56 Å². The number of hydrogen-bond acceptors (Lipinski definition) is 7. The molecule has 1 aliphatic rings. The summed E-state index contributed by atoms with van der Waals surface area (Å²) >= 11 is 0. The van der Waals surface area contributed by atoms with Crippen LogP contribution in [0.25, 0.3) is 0 Å². The van der Waals surface area contributed by atoms with Crippen LogP contribution in [0.3, 0.4) is 0 Å². The van der Waals surface area contributed by atoms with E-state index in [-0.39, 0.29) is 19.8 Å².